The van der Waals surface area contributed by atoms with Gasteiger partial charge in [0.15, 0.2) is 5.58 Å². The van der Waals surface area contributed by atoms with E-state index in [0.29, 0.717) is 50.6 Å². The average molecular weight is 395 g/mol. The fourth-order valence-electron chi connectivity index (χ4n) is 3.75. The summed E-state index contributed by atoms with van der Waals surface area (Å²) in [7, 11) is 0. The van der Waals surface area contributed by atoms with Crippen LogP contribution in [0.3, 0.4) is 0 Å². The number of ether oxygens (including phenoxy) is 1. The van der Waals surface area contributed by atoms with Gasteiger partial charge in [0.25, 0.3) is 5.91 Å². The van der Waals surface area contributed by atoms with Crippen molar-refractivity contribution in [3.05, 3.63) is 59.5 Å². The minimum atomic E-state index is -0.319. The third-order valence-corrected chi connectivity index (χ3v) is 5.21. The number of hydrogen-bond donors (Lipinski definition) is 0. The summed E-state index contributed by atoms with van der Waals surface area (Å²) in [5, 5.41) is 0. The molecular formula is C22H25N3O4. The Morgan fingerprint density at radius 2 is 1.72 bits per heavy atom. The average Bonchev–Trinajstić information content (AvgIpc) is 3.25. The largest absolute Gasteiger partial charge is 0.460 e. The van der Waals surface area contributed by atoms with Crippen molar-refractivity contribution in [3.8, 4) is 0 Å². The summed E-state index contributed by atoms with van der Waals surface area (Å²) in [6.07, 6.45) is -0.319. The predicted octanol–water partition coefficient (Wildman–Crippen LogP) is 3.51. The molecule has 1 saturated heterocycles. The van der Waals surface area contributed by atoms with Crippen LogP contribution in [-0.2, 0) is 11.3 Å². The van der Waals surface area contributed by atoms with E-state index in [1.165, 1.54) is 0 Å². The monoisotopic (exact) mass is 395 g/mol. The summed E-state index contributed by atoms with van der Waals surface area (Å²) in [5.74, 6) is 0.771. The first kappa shape index (κ1) is 19.1. The highest BCUT2D eigenvalue weighted by atomic mass is 16.6. The van der Waals surface area contributed by atoms with Crippen molar-refractivity contribution in [2.75, 3.05) is 32.8 Å². The summed E-state index contributed by atoms with van der Waals surface area (Å²) < 4.78 is 12.8. The van der Waals surface area contributed by atoms with Crippen LogP contribution >= 0.6 is 0 Å². The minimum absolute atomic E-state index is 0.0477. The first-order valence-electron chi connectivity index (χ1n) is 9.91. The molecule has 0 aliphatic carbocycles. The van der Waals surface area contributed by atoms with E-state index < -0.39 is 0 Å². The summed E-state index contributed by atoms with van der Waals surface area (Å²) in [5.41, 5.74) is 3.35. The molecule has 4 rings (SSSR count). The van der Waals surface area contributed by atoms with Gasteiger partial charge in [-0.3, -0.25) is 4.79 Å². The molecule has 1 aromatic carbocycles. The Morgan fingerprint density at radius 3 is 2.41 bits per heavy atom. The number of carbonyl (C=O) groups excluding carboxylic acids is 2. The van der Waals surface area contributed by atoms with E-state index in [9.17, 15) is 9.59 Å². The number of aromatic nitrogens is 1. The van der Waals surface area contributed by atoms with E-state index in [0.717, 1.165) is 16.8 Å². The maximum Gasteiger partial charge on any atom is 0.409 e. The molecule has 0 bridgehead atoms. The Labute approximate surface area is 169 Å². The maximum atomic E-state index is 13.3. The SMILES string of the molecule is CCOC(=O)N1CCN(C(=O)c2cc3oc(C)cc3n2Cc2ccccc2)CC1. The minimum Gasteiger partial charge on any atom is -0.460 e. The second-order valence-electron chi connectivity index (χ2n) is 7.19. The van der Waals surface area contributed by atoms with Crippen LogP contribution in [-0.4, -0.2) is 59.2 Å². The van der Waals surface area contributed by atoms with Gasteiger partial charge in [-0.15, -0.1) is 0 Å². The van der Waals surface area contributed by atoms with Crippen LogP contribution in [0.5, 0.6) is 0 Å². The van der Waals surface area contributed by atoms with Crippen molar-refractivity contribution < 1.29 is 18.7 Å². The number of furan rings is 1. The van der Waals surface area contributed by atoms with Gasteiger partial charge < -0.3 is 23.5 Å². The Morgan fingerprint density at radius 1 is 1.03 bits per heavy atom. The Balaban J connectivity index is 1.57. The molecule has 2 aromatic heterocycles. The molecular weight excluding hydrogens is 370 g/mol. The number of fused-ring (bicyclic) bond motifs is 1. The normalized spacial score (nSPS) is 14.4. The van der Waals surface area contributed by atoms with Gasteiger partial charge in [0.05, 0.1) is 12.1 Å². The Kier molecular flexibility index (Phi) is 5.29. The van der Waals surface area contributed by atoms with Crippen LogP contribution in [0.2, 0.25) is 0 Å². The van der Waals surface area contributed by atoms with Crippen molar-refractivity contribution in [1.29, 1.82) is 0 Å². The molecule has 29 heavy (non-hydrogen) atoms. The van der Waals surface area contributed by atoms with E-state index in [1.807, 2.05) is 54.0 Å². The van der Waals surface area contributed by atoms with E-state index in [-0.39, 0.29) is 12.0 Å². The zero-order valence-corrected chi connectivity index (χ0v) is 16.8. The van der Waals surface area contributed by atoms with Crippen molar-refractivity contribution in [1.82, 2.24) is 14.4 Å². The highest BCUT2D eigenvalue weighted by molar-refractivity contribution is 5.98. The second kappa shape index (κ2) is 8.03. The molecule has 152 valence electrons. The molecule has 1 aliphatic heterocycles. The lowest BCUT2D eigenvalue weighted by atomic mass is 10.2. The summed E-state index contributed by atoms with van der Waals surface area (Å²) >= 11 is 0. The molecule has 1 fully saturated rings. The zero-order chi connectivity index (χ0) is 20.4. The molecule has 0 spiro atoms. The van der Waals surface area contributed by atoms with Crippen LogP contribution in [0.15, 0.2) is 46.9 Å². The van der Waals surface area contributed by atoms with Gasteiger partial charge in [0.1, 0.15) is 11.5 Å². The van der Waals surface area contributed by atoms with Crippen LogP contribution in [0.4, 0.5) is 4.79 Å². The topological polar surface area (TPSA) is 67.9 Å². The van der Waals surface area contributed by atoms with Crippen molar-refractivity contribution in [2.45, 2.75) is 20.4 Å². The molecule has 0 atom stereocenters. The third kappa shape index (κ3) is 3.85. The number of rotatable bonds is 4. The standard InChI is InChI=1S/C22H25N3O4/c1-3-28-22(27)24-11-9-23(10-12-24)21(26)19-14-20-18(13-16(2)29-20)25(19)15-17-7-5-4-6-8-17/h4-8,13-14H,3,9-12,15H2,1-2H3. The van der Waals surface area contributed by atoms with Crippen LogP contribution in [0.25, 0.3) is 11.1 Å². The molecule has 0 radical (unpaired) electrons. The first-order chi connectivity index (χ1) is 14.1. The lowest BCUT2D eigenvalue weighted by Crippen LogP contribution is -2.51. The summed E-state index contributed by atoms with van der Waals surface area (Å²) in [6, 6.07) is 13.8. The summed E-state index contributed by atoms with van der Waals surface area (Å²) in [4.78, 5) is 28.6. The van der Waals surface area contributed by atoms with Gasteiger partial charge >= 0.3 is 6.09 Å². The Hall–Kier alpha value is -3.22. The number of nitrogens with zero attached hydrogens (tertiary/aromatic N) is 3. The number of amides is 2. The first-order valence-corrected chi connectivity index (χ1v) is 9.91. The van der Waals surface area contributed by atoms with E-state index in [1.54, 1.807) is 16.7 Å². The predicted molar refractivity (Wildman–Crippen MR) is 109 cm³/mol. The molecule has 0 unspecified atom stereocenters. The van der Waals surface area contributed by atoms with Gasteiger partial charge in [-0.1, -0.05) is 30.3 Å². The molecule has 0 saturated carbocycles. The van der Waals surface area contributed by atoms with Crippen LogP contribution in [0.1, 0.15) is 28.7 Å². The fourth-order valence-corrected chi connectivity index (χ4v) is 3.75. The smallest absolute Gasteiger partial charge is 0.409 e. The van der Waals surface area contributed by atoms with E-state index in [4.69, 9.17) is 9.15 Å². The molecule has 1 aliphatic rings. The van der Waals surface area contributed by atoms with Crippen molar-refractivity contribution in [3.63, 3.8) is 0 Å². The second-order valence-corrected chi connectivity index (χ2v) is 7.19. The number of hydrogen-bond acceptors (Lipinski definition) is 4. The molecule has 3 heterocycles. The molecule has 7 heteroatoms. The quantitative estimate of drug-likeness (QED) is 0.678. The molecule has 2 amide bonds. The van der Waals surface area contributed by atoms with Gasteiger partial charge in [-0.2, -0.15) is 0 Å². The number of benzene rings is 1. The fraction of sp³-hybridized carbons (Fsp3) is 0.364. The molecule has 3 aromatic rings. The van der Waals surface area contributed by atoms with Gasteiger partial charge in [-0.25, -0.2) is 4.79 Å². The number of piperazine rings is 1. The van der Waals surface area contributed by atoms with Crippen LogP contribution < -0.4 is 0 Å². The maximum absolute atomic E-state index is 13.3. The number of carbonyl (C=O) groups is 2. The summed E-state index contributed by atoms with van der Waals surface area (Å²) in [6.45, 7) is 6.54. The van der Waals surface area contributed by atoms with Crippen molar-refractivity contribution in [2.24, 2.45) is 0 Å². The Bertz CT molecular complexity index is 1010. The van der Waals surface area contributed by atoms with Gasteiger partial charge in [0, 0.05) is 44.9 Å². The van der Waals surface area contributed by atoms with E-state index in [2.05, 4.69) is 0 Å². The van der Waals surface area contributed by atoms with Crippen LogP contribution in [0, 0.1) is 6.92 Å². The lowest BCUT2D eigenvalue weighted by molar-refractivity contribution is 0.0563. The molecule has 0 N–H and O–H groups in total. The highest BCUT2D eigenvalue weighted by Gasteiger charge is 2.28. The van der Waals surface area contributed by atoms with Gasteiger partial charge in [0.2, 0.25) is 0 Å². The number of aryl methyl sites for hydroxylation is 1. The van der Waals surface area contributed by atoms with Gasteiger partial charge in [-0.05, 0) is 19.4 Å². The van der Waals surface area contributed by atoms with Crippen molar-refractivity contribution >= 4 is 23.1 Å². The highest BCUT2D eigenvalue weighted by Crippen LogP contribution is 2.26. The molecule has 7 nitrogen and oxygen atoms in total. The van der Waals surface area contributed by atoms with E-state index >= 15 is 0 Å². The lowest BCUT2D eigenvalue weighted by Gasteiger charge is -2.34. The third-order valence-electron chi connectivity index (χ3n) is 5.21. The zero-order valence-electron chi connectivity index (χ0n) is 16.8.